The first kappa shape index (κ1) is 12.2. The van der Waals surface area contributed by atoms with Crippen molar-refractivity contribution >= 4 is 85.5 Å². The molecule has 0 amide bonds. The number of aromatic amines is 1. The molecule has 5 heteroatoms. The van der Waals surface area contributed by atoms with Crippen LogP contribution in [-0.2, 0) is 0 Å². The smallest absolute Gasteiger partial charge is 0.0621 e. The van der Waals surface area contributed by atoms with Crippen LogP contribution in [0.4, 0.5) is 0 Å². The Morgan fingerprint density at radius 1 is 0.765 bits per heavy atom. The Labute approximate surface area is 131 Å². The molecule has 3 aromatic rings. The van der Waals surface area contributed by atoms with Gasteiger partial charge in [0.2, 0.25) is 0 Å². The van der Waals surface area contributed by atoms with Gasteiger partial charge >= 0.3 is 0 Å². The summed E-state index contributed by atoms with van der Waals surface area (Å²) in [4.78, 5) is 3.44. The maximum Gasteiger partial charge on any atom is 0.0621 e. The van der Waals surface area contributed by atoms with Gasteiger partial charge in [-0.05, 0) is 66.0 Å². The lowest BCUT2D eigenvalue weighted by Gasteiger charge is -1.97. The van der Waals surface area contributed by atoms with E-state index in [1.54, 1.807) is 0 Å². The van der Waals surface area contributed by atoms with Gasteiger partial charge in [-0.15, -0.1) is 0 Å². The lowest BCUT2D eigenvalue weighted by atomic mass is 10.1. The minimum atomic E-state index is 1.05. The fourth-order valence-electron chi connectivity index (χ4n) is 1.94. The molecular weight excluding hydrogens is 478 g/mol. The molecule has 0 saturated carbocycles. The van der Waals surface area contributed by atoms with Crippen molar-refractivity contribution in [2.24, 2.45) is 0 Å². The summed E-state index contributed by atoms with van der Waals surface area (Å²) in [5.74, 6) is 0. The fourth-order valence-corrected chi connectivity index (χ4v) is 4.04. The summed E-state index contributed by atoms with van der Waals surface area (Å²) in [6.07, 6.45) is 0. The van der Waals surface area contributed by atoms with Crippen molar-refractivity contribution in [1.29, 1.82) is 0 Å². The first-order chi connectivity index (χ1) is 8.08. The van der Waals surface area contributed by atoms with E-state index in [-0.39, 0.29) is 0 Å². The minimum Gasteiger partial charge on any atom is -0.353 e. The Morgan fingerprint density at radius 2 is 1.53 bits per heavy atom. The predicted octanol–water partition coefficient (Wildman–Crippen LogP) is 6.37. The van der Waals surface area contributed by atoms with Crippen LogP contribution < -0.4 is 0 Å². The second-order valence-electron chi connectivity index (χ2n) is 3.72. The molecule has 0 atom stereocenters. The Kier molecular flexibility index (Phi) is 3.14. The summed E-state index contributed by atoms with van der Waals surface area (Å²) in [6.45, 7) is 0. The summed E-state index contributed by atoms with van der Waals surface area (Å²) in [5, 5.41) is 2.41. The average Bonchev–Trinajstić information content (AvgIpc) is 2.63. The SMILES string of the molecule is Brc1cc(Br)c2[nH]c3c(Br)c(Br)ccc3c2c1. The molecule has 1 nitrogen and oxygen atoms in total. The van der Waals surface area contributed by atoms with Gasteiger partial charge in [0, 0.05) is 24.2 Å². The number of H-pyrrole nitrogens is 1. The average molecular weight is 483 g/mol. The number of rotatable bonds is 0. The fraction of sp³-hybridized carbons (Fsp3) is 0. The molecule has 0 aliphatic carbocycles. The molecule has 86 valence electrons. The molecule has 0 unspecified atom stereocenters. The number of nitrogens with one attached hydrogen (secondary N) is 1. The Bertz CT molecular complexity index is 745. The standard InChI is InChI=1S/C12H5Br4N/c13-5-3-7-6-1-2-8(14)10(16)12(6)17-11(7)9(15)4-5/h1-4,17H. The minimum absolute atomic E-state index is 1.05. The van der Waals surface area contributed by atoms with E-state index in [1.807, 2.05) is 6.07 Å². The van der Waals surface area contributed by atoms with Crippen LogP contribution >= 0.6 is 63.7 Å². The largest absolute Gasteiger partial charge is 0.353 e. The summed E-state index contributed by atoms with van der Waals surface area (Å²) in [5.41, 5.74) is 2.22. The topological polar surface area (TPSA) is 15.8 Å². The van der Waals surface area contributed by atoms with Crippen molar-refractivity contribution in [2.75, 3.05) is 0 Å². The zero-order chi connectivity index (χ0) is 12.2. The number of fused-ring (bicyclic) bond motifs is 3. The summed E-state index contributed by atoms with van der Waals surface area (Å²) < 4.78 is 4.22. The third kappa shape index (κ3) is 1.91. The second kappa shape index (κ2) is 4.37. The Morgan fingerprint density at radius 3 is 2.29 bits per heavy atom. The quantitative estimate of drug-likeness (QED) is 0.383. The van der Waals surface area contributed by atoms with Crippen LogP contribution in [0.15, 0.2) is 42.2 Å². The van der Waals surface area contributed by atoms with E-state index in [0.29, 0.717) is 0 Å². The highest BCUT2D eigenvalue weighted by atomic mass is 79.9. The van der Waals surface area contributed by atoms with Gasteiger partial charge in [-0.2, -0.15) is 0 Å². The van der Waals surface area contributed by atoms with E-state index >= 15 is 0 Å². The Balaban J connectivity index is 2.59. The predicted molar refractivity (Wildman–Crippen MR) is 86.6 cm³/mol. The van der Waals surface area contributed by atoms with Gasteiger partial charge in [0.05, 0.1) is 15.5 Å². The third-order valence-corrected chi connectivity index (χ3v) is 5.79. The Hall–Kier alpha value is 0.160. The van der Waals surface area contributed by atoms with Crippen molar-refractivity contribution in [3.05, 3.63) is 42.2 Å². The molecule has 0 saturated heterocycles. The van der Waals surface area contributed by atoms with Crippen LogP contribution in [0.5, 0.6) is 0 Å². The molecule has 0 fully saturated rings. The zero-order valence-corrected chi connectivity index (χ0v) is 14.7. The number of benzene rings is 2. The van der Waals surface area contributed by atoms with E-state index in [9.17, 15) is 0 Å². The monoisotopic (exact) mass is 479 g/mol. The van der Waals surface area contributed by atoms with Crippen molar-refractivity contribution in [2.45, 2.75) is 0 Å². The maximum atomic E-state index is 3.60. The van der Waals surface area contributed by atoms with Gasteiger partial charge < -0.3 is 4.98 Å². The second-order valence-corrected chi connectivity index (χ2v) is 7.14. The molecule has 0 spiro atoms. The molecule has 0 aliphatic rings. The maximum absolute atomic E-state index is 3.60. The number of hydrogen-bond acceptors (Lipinski definition) is 0. The van der Waals surface area contributed by atoms with E-state index in [0.717, 1.165) is 28.9 Å². The number of halogens is 4. The van der Waals surface area contributed by atoms with Gasteiger partial charge in [0.1, 0.15) is 0 Å². The van der Waals surface area contributed by atoms with Gasteiger partial charge in [0.25, 0.3) is 0 Å². The highest BCUT2D eigenvalue weighted by Gasteiger charge is 2.11. The number of aromatic nitrogens is 1. The van der Waals surface area contributed by atoms with E-state index in [2.05, 4.69) is 86.9 Å². The third-order valence-electron chi connectivity index (χ3n) is 2.69. The van der Waals surface area contributed by atoms with Crippen molar-refractivity contribution in [3.8, 4) is 0 Å². The van der Waals surface area contributed by atoms with Crippen LogP contribution in [0.2, 0.25) is 0 Å². The lowest BCUT2D eigenvalue weighted by molar-refractivity contribution is 1.50. The molecular formula is C12H5Br4N. The van der Waals surface area contributed by atoms with Crippen LogP contribution in [0.25, 0.3) is 21.8 Å². The van der Waals surface area contributed by atoms with E-state index < -0.39 is 0 Å². The molecule has 0 radical (unpaired) electrons. The molecule has 17 heavy (non-hydrogen) atoms. The molecule has 1 heterocycles. The highest BCUT2D eigenvalue weighted by molar-refractivity contribution is 9.13. The van der Waals surface area contributed by atoms with Gasteiger partial charge in [0.15, 0.2) is 0 Å². The molecule has 1 aromatic heterocycles. The van der Waals surface area contributed by atoms with Crippen LogP contribution in [0.3, 0.4) is 0 Å². The molecule has 0 aliphatic heterocycles. The van der Waals surface area contributed by atoms with E-state index in [1.165, 1.54) is 10.8 Å². The lowest BCUT2D eigenvalue weighted by Crippen LogP contribution is -1.72. The number of hydrogen-bond donors (Lipinski definition) is 1. The van der Waals surface area contributed by atoms with Crippen LogP contribution in [-0.4, -0.2) is 4.98 Å². The molecule has 3 rings (SSSR count). The van der Waals surface area contributed by atoms with Gasteiger partial charge in [-0.1, -0.05) is 22.0 Å². The zero-order valence-electron chi connectivity index (χ0n) is 8.32. The first-order valence-electron chi connectivity index (χ1n) is 4.82. The summed E-state index contributed by atoms with van der Waals surface area (Å²) in [7, 11) is 0. The van der Waals surface area contributed by atoms with Crippen molar-refractivity contribution < 1.29 is 0 Å². The van der Waals surface area contributed by atoms with Crippen LogP contribution in [0.1, 0.15) is 0 Å². The first-order valence-corrected chi connectivity index (χ1v) is 7.99. The van der Waals surface area contributed by atoms with Crippen molar-refractivity contribution in [3.63, 3.8) is 0 Å². The summed E-state index contributed by atoms with van der Waals surface area (Å²) in [6, 6.07) is 8.33. The normalized spacial score (nSPS) is 11.5. The van der Waals surface area contributed by atoms with Gasteiger partial charge in [-0.25, -0.2) is 0 Å². The molecule has 0 bridgehead atoms. The van der Waals surface area contributed by atoms with E-state index in [4.69, 9.17) is 0 Å². The van der Waals surface area contributed by atoms with Gasteiger partial charge in [-0.3, -0.25) is 0 Å². The molecule has 1 N–H and O–H groups in total. The summed E-state index contributed by atoms with van der Waals surface area (Å²) >= 11 is 14.2. The van der Waals surface area contributed by atoms with Crippen LogP contribution in [0, 0.1) is 0 Å². The highest BCUT2D eigenvalue weighted by Crippen LogP contribution is 2.38. The molecule has 2 aromatic carbocycles. The van der Waals surface area contributed by atoms with Crippen molar-refractivity contribution in [1.82, 2.24) is 4.98 Å².